The summed E-state index contributed by atoms with van der Waals surface area (Å²) in [5, 5.41) is 1.49. The summed E-state index contributed by atoms with van der Waals surface area (Å²) in [6.07, 6.45) is 5.92. The van der Waals surface area contributed by atoms with Crippen LogP contribution in [-0.2, 0) is 6.54 Å². The highest BCUT2D eigenvalue weighted by molar-refractivity contribution is 7.99. The molecule has 0 spiro atoms. The lowest BCUT2D eigenvalue weighted by molar-refractivity contribution is 0.673. The molecule has 2 heterocycles. The van der Waals surface area contributed by atoms with Gasteiger partial charge < -0.3 is 0 Å². The van der Waals surface area contributed by atoms with Gasteiger partial charge in [-0.3, -0.25) is 9.36 Å². The van der Waals surface area contributed by atoms with Crippen LogP contribution in [0.3, 0.4) is 0 Å². The topological polar surface area (TPSA) is 34.9 Å². The molecule has 0 fully saturated rings. The van der Waals surface area contributed by atoms with Gasteiger partial charge in [-0.05, 0) is 25.0 Å². The van der Waals surface area contributed by atoms with E-state index in [1.54, 1.807) is 33.7 Å². The first-order chi connectivity index (χ1) is 12.1. The molecule has 0 aliphatic rings. The fourth-order valence-electron chi connectivity index (χ4n) is 2.58. The van der Waals surface area contributed by atoms with Crippen molar-refractivity contribution in [3.63, 3.8) is 0 Å². The van der Waals surface area contributed by atoms with Gasteiger partial charge in [-0.2, -0.15) is 0 Å². The highest BCUT2D eigenvalue weighted by atomic mass is 32.2. The van der Waals surface area contributed by atoms with Gasteiger partial charge in [-0.15, -0.1) is 17.9 Å². The maximum atomic E-state index is 12.9. The summed E-state index contributed by atoms with van der Waals surface area (Å²) in [4.78, 5) is 19.6. The minimum absolute atomic E-state index is 0.0290. The van der Waals surface area contributed by atoms with E-state index in [9.17, 15) is 4.79 Å². The van der Waals surface area contributed by atoms with Crippen LogP contribution in [0.1, 0.15) is 16.0 Å². The number of thiophene rings is 1. The van der Waals surface area contributed by atoms with Crippen LogP contribution in [0.2, 0.25) is 0 Å². The summed E-state index contributed by atoms with van der Waals surface area (Å²) >= 11 is 3.16. The van der Waals surface area contributed by atoms with Crippen LogP contribution in [0.4, 0.5) is 0 Å². The van der Waals surface area contributed by atoms with E-state index in [-0.39, 0.29) is 5.56 Å². The zero-order valence-electron chi connectivity index (χ0n) is 14.4. The Labute approximate surface area is 155 Å². The molecule has 0 atom stereocenters. The second kappa shape index (κ2) is 7.85. The minimum Gasteiger partial charge on any atom is -0.283 e. The average molecular weight is 369 g/mol. The largest absolute Gasteiger partial charge is 0.283 e. The molecule has 3 rings (SSSR count). The summed E-state index contributed by atoms with van der Waals surface area (Å²) in [5.41, 5.74) is 2.23. The minimum atomic E-state index is 0.0290. The van der Waals surface area contributed by atoms with Crippen LogP contribution in [0.25, 0.3) is 16.3 Å². The van der Waals surface area contributed by atoms with Gasteiger partial charge in [-0.25, -0.2) is 4.98 Å². The Balaban J connectivity index is 1.89. The monoisotopic (exact) mass is 368 g/mol. The third-order valence-corrected chi connectivity index (χ3v) is 6.01. The quantitative estimate of drug-likeness (QED) is 0.346. The first-order valence-corrected chi connectivity index (χ1v) is 9.88. The molecule has 0 saturated heterocycles. The highest BCUT2D eigenvalue weighted by Crippen LogP contribution is 2.28. The average Bonchev–Trinajstić information content (AvgIpc) is 2.90. The Hall–Kier alpha value is -2.11. The molecule has 0 N–H and O–H groups in total. The maximum absolute atomic E-state index is 12.9. The third-order valence-electron chi connectivity index (χ3n) is 3.98. The van der Waals surface area contributed by atoms with Crippen molar-refractivity contribution in [1.29, 1.82) is 0 Å². The molecule has 128 valence electrons. The Morgan fingerprint density at radius 1 is 1.28 bits per heavy atom. The second-order valence-corrected chi connectivity index (χ2v) is 7.88. The lowest BCUT2D eigenvalue weighted by atomic mass is 10.2. The normalized spacial score (nSPS) is 11.4. The van der Waals surface area contributed by atoms with Gasteiger partial charge >= 0.3 is 0 Å². The number of thioether (sulfide) groups is 1. The van der Waals surface area contributed by atoms with Gasteiger partial charge in [-0.1, -0.05) is 60.3 Å². The molecule has 0 amide bonds. The van der Waals surface area contributed by atoms with Crippen molar-refractivity contribution in [2.24, 2.45) is 0 Å². The van der Waals surface area contributed by atoms with E-state index in [1.807, 2.05) is 32.0 Å². The lowest BCUT2D eigenvalue weighted by Crippen LogP contribution is -2.22. The van der Waals surface area contributed by atoms with E-state index < -0.39 is 0 Å². The van der Waals surface area contributed by atoms with Crippen molar-refractivity contribution in [1.82, 2.24) is 9.55 Å². The first-order valence-electron chi connectivity index (χ1n) is 8.07. The van der Waals surface area contributed by atoms with Gasteiger partial charge in [0, 0.05) is 17.2 Å². The number of fused-ring (bicyclic) bond motifs is 1. The first kappa shape index (κ1) is 17.7. The fraction of sp³-hybridized carbons (Fsp3) is 0.200. The van der Waals surface area contributed by atoms with Crippen LogP contribution in [0, 0.1) is 13.8 Å². The van der Waals surface area contributed by atoms with Crippen LogP contribution in [0.5, 0.6) is 0 Å². The maximum Gasteiger partial charge on any atom is 0.263 e. The second-order valence-electron chi connectivity index (χ2n) is 5.69. The highest BCUT2D eigenvalue weighted by Gasteiger charge is 2.15. The lowest BCUT2D eigenvalue weighted by Gasteiger charge is -2.09. The number of rotatable bonds is 6. The summed E-state index contributed by atoms with van der Waals surface area (Å²) in [6, 6.07) is 10.2. The van der Waals surface area contributed by atoms with Crippen molar-refractivity contribution >= 4 is 39.4 Å². The van der Waals surface area contributed by atoms with E-state index in [1.165, 1.54) is 5.56 Å². The molecule has 25 heavy (non-hydrogen) atoms. The zero-order valence-corrected chi connectivity index (χ0v) is 16.0. The molecular formula is C20H20N2OS2. The molecule has 5 heteroatoms. The van der Waals surface area contributed by atoms with Gasteiger partial charge in [0.05, 0.1) is 5.39 Å². The predicted molar refractivity (Wildman–Crippen MR) is 110 cm³/mol. The smallest absolute Gasteiger partial charge is 0.263 e. The summed E-state index contributed by atoms with van der Waals surface area (Å²) in [5.74, 6) is 0.757. The number of aromatic nitrogens is 2. The van der Waals surface area contributed by atoms with Crippen LogP contribution in [-0.4, -0.2) is 15.3 Å². The van der Waals surface area contributed by atoms with E-state index in [0.717, 1.165) is 31.6 Å². The standard InChI is InChI=1S/C20H20N2OS2/c1-4-12-22-19(23)17-14(2)15(3)25-18(17)21-20(22)24-13-8-11-16-9-6-5-7-10-16/h4-11H,1,12-13H2,2-3H3/b11-8+. The Bertz CT molecular complexity index is 984. The number of hydrogen-bond acceptors (Lipinski definition) is 4. The number of hydrogen-bond donors (Lipinski definition) is 0. The molecule has 0 unspecified atom stereocenters. The fourth-order valence-corrected chi connectivity index (χ4v) is 4.47. The number of benzene rings is 1. The van der Waals surface area contributed by atoms with Gasteiger partial charge in [0.1, 0.15) is 4.83 Å². The molecule has 0 aliphatic heterocycles. The molecular weight excluding hydrogens is 348 g/mol. The molecule has 0 aliphatic carbocycles. The van der Waals surface area contributed by atoms with Crippen molar-refractivity contribution in [3.8, 4) is 0 Å². The number of nitrogens with zero attached hydrogens (tertiary/aromatic N) is 2. The summed E-state index contributed by atoms with van der Waals surface area (Å²) < 4.78 is 1.72. The SMILES string of the molecule is C=CCn1c(SC/C=C/c2ccccc2)nc2sc(C)c(C)c2c1=O. The third kappa shape index (κ3) is 3.78. The molecule has 0 bridgehead atoms. The van der Waals surface area contributed by atoms with Crippen molar-refractivity contribution in [3.05, 3.63) is 75.4 Å². The zero-order chi connectivity index (χ0) is 17.8. The molecule has 3 aromatic rings. The number of aryl methyl sites for hydroxylation is 2. The summed E-state index contributed by atoms with van der Waals surface area (Å²) in [6.45, 7) is 8.27. The van der Waals surface area contributed by atoms with Gasteiger partial charge in [0.25, 0.3) is 5.56 Å². The summed E-state index contributed by atoms with van der Waals surface area (Å²) in [7, 11) is 0. The van der Waals surface area contributed by atoms with E-state index in [0.29, 0.717) is 6.54 Å². The molecule has 0 saturated carbocycles. The number of allylic oxidation sites excluding steroid dienone is 1. The van der Waals surface area contributed by atoms with E-state index >= 15 is 0 Å². The van der Waals surface area contributed by atoms with Crippen molar-refractivity contribution < 1.29 is 0 Å². The van der Waals surface area contributed by atoms with Crippen LogP contribution in [0.15, 0.2) is 59.0 Å². The Morgan fingerprint density at radius 2 is 2.04 bits per heavy atom. The van der Waals surface area contributed by atoms with E-state index in [2.05, 4.69) is 30.9 Å². The predicted octanol–water partition coefficient (Wildman–Crippen LogP) is 5.07. The van der Waals surface area contributed by atoms with Crippen LogP contribution >= 0.6 is 23.1 Å². The van der Waals surface area contributed by atoms with Crippen molar-refractivity contribution in [2.75, 3.05) is 5.75 Å². The molecule has 3 nitrogen and oxygen atoms in total. The van der Waals surface area contributed by atoms with Gasteiger partial charge in [0.2, 0.25) is 0 Å². The van der Waals surface area contributed by atoms with Crippen molar-refractivity contribution in [2.45, 2.75) is 25.5 Å². The molecule has 1 aromatic carbocycles. The Kier molecular flexibility index (Phi) is 5.56. The Morgan fingerprint density at radius 3 is 2.76 bits per heavy atom. The van der Waals surface area contributed by atoms with Crippen LogP contribution < -0.4 is 5.56 Å². The van der Waals surface area contributed by atoms with Gasteiger partial charge in [0.15, 0.2) is 5.16 Å². The van der Waals surface area contributed by atoms with E-state index in [4.69, 9.17) is 4.98 Å². The molecule has 0 radical (unpaired) electrons. The molecule has 2 aromatic heterocycles.